The molecule has 0 unspecified atom stereocenters. The summed E-state index contributed by atoms with van der Waals surface area (Å²) < 4.78 is 10.4. The van der Waals surface area contributed by atoms with Gasteiger partial charge in [0.05, 0.1) is 12.8 Å². The third-order valence-electron chi connectivity index (χ3n) is 2.24. The van der Waals surface area contributed by atoms with E-state index >= 15 is 0 Å². The third kappa shape index (κ3) is 1.96. The van der Waals surface area contributed by atoms with Gasteiger partial charge in [-0.25, -0.2) is 0 Å². The van der Waals surface area contributed by atoms with E-state index in [2.05, 4.69) is 5.16 Å². The average Bonchev–Trinajstić information content (AvgIpc) is 2.65. The Hall–Kier alpha value is -1.51. The van der Waals surface area contributed by atoms with Gasteiger partial charge in [-0.05, 0) is 26.0 Å². The monoisotopic (exact) mass is 207 g/mol. The standard InChI is InChI=1S/C10H11NO2.C2H6/c1-6-9(12-3)5-4-8-7(2)11-13-10(6)8;1-2/h4-5H,1-3H3;1-2H3. The number of aryl methyl sites for hydroxylation is 2. The van der Waals surface area contributed by atoms with Gasteiger partial charge in [-0.3, -0.25) is 0 Å². The average molecular weight is 207 g/mol. The van der Waals surface area contributed by atoms with E-state index in [1.807, 2.05) is 39.8 Å². The molecule has 0 saturated heterocycles. The Morgan fingerprint density at radius 2 is 1.87 bits per heavy atom. The largest absolute Gasteiger partial charge is 0.496 e. The van der Waals surface area contributed by atoms with Crippen LogP contribution in [-0.4, -0.2) is 12.3 Å². The van der Waals surface area contributed by atoms with Crippen molar-refractivity contribution in [1.29, 1.82) is 0 Å². The van der Waals surface area contributed by atoms with Gasteiger partial charge in [-0.2, -0.15) is 0 Å². The highest BCUT2D eigenvalue weighted by Gasteiger charge is 2.09. The predicted octanol–water partition coefficient (Wildman–Crippen LogP) is 3.48. The van der Waals surface area contributed by atoms with Crippen molar-refractivity contribution in [2.24, 2.45) is 0 Å². The van der Waals surface area contributed by atoms with E-state index in [1.54, 1.807) is 7.11 Å². The van der Waals surface area contributed by atoms with Crippen LogP contribution in [0.2, 0.25) is 0 Å². The Balaban J connectivity index is 0.000000531. The van der Waals surface area contributed by atoms with E-state index in [0.29, 0.717) is 0 Å². The van der Waals surface area contributed by atoms with E-state index in [9.17, 15) is 0 Å². The molecular weight excluding hydrogens is 190 g/mol. The van der Waals surface area contributed by atoms with Crippen LogP contribution < -0.4 is 4.74 Å². The predicted molar refractivity (Wildman–Crippen MR) is 61.4 cm³/mol. The molecule has 0 aliphatic rings. The lowest BCUT2D eigenvalue weighted by atomic mass is 10.1. The van der Waals surface area contributed by atoms with E-state index in [-0.39, 0.29) is 0 Å². The molecule has 2 aromatic rings. The van der Waals surface area contributed by atoms with Crippen LogP contribution in [-0.2, 0) is 0 Å². The zero-order valence-electron chi connectivity index (χ0n) is 9.92. The minimum Gasteiger partial charge on any atom is -0.496 e. The van der Waals surface area contributed by atoms with Crippen molar-refractivity contribution in [3.63, 3.8) is 0 Å². The number of rotatable bonds is 1. The lowest BCUT2D eigenvalue weighted by molar-refractivity contribution is 0.407. The molecule has 0 fully saturated rings. The molecule has 1 aromatic heterocycles. The molecule has 3 nitrogen and oxygen atoms in total. The fourth-order valence-electron chi connectivity index (χ4n) is 1.46. The molecule has 0 amide bonds. The summed E-state index contributed by atoms with van der Waals surface area (Å²) in [4.78, 5) is 0. The van der Waals surface area contributed by atoms with Gasteiger partial charge in [-0.15, -0.1) is 0 Å². The highest BCUT2D eigenvalue weighted by atomic mass is 16.5. The highest BCUT2D eigenvalue weighted by Crippen LogP contribution is 2.28. The first-order valence-electron chi connectivity index (χ1n) is 5.13. The van der Waals surface area contributed by atoms with Gasteiger partial charge in [0.1, 0.15) is 5.75 Å². The van der Waals surface area contributed by atoms with Crippen LogP contribution in [0, 0.1) is 13.8 Å². The SMILES string of the molecule is CC.COc1ccc2c(C)noc2c1C. The van der Waals surface area contributed by atoms with Gasteiger partial charge >= 0.3 is 0 Å². The Morgan fingerprint density at radius 1 is 1.20 bits per heavy atom. The van der Waals surface area contributed by atoms with Gasteiger partial charge in [0.2, 0.25) is 0 Å². The summed E-state index contributed by atoms with van der Waals surface area (Å²) in [6.45, 7) is 7.89. The summed E-state index contributed by atoms with van der Waals surface area (Å²) in [7, 11) is 1.65. The number of hydrogen-bond donors (Lipinski definition) is 0. The van der Waals surface area contributed by atoms with Gasteiger partial charge in [0.15, 0.2) is 5.58 Å². The molecule has 0 N–H and O–H groups in total. The van der Waals surface area contributed by atoms with Crippen LogP contribution >= 0.6 is 0 Å². The highest BCUT2D eigenvalue weighted by molar-refractivity contribution is 5.84. The van der Waals surface area contributed by atoms with E-state index in [4.69, 9.17) is 9.26 Å². The Bertz CT molecular complexity index is 446. The molecule has 3 heteroatoms. The van der Waals surface area contributed by atoms with Crippen molar-refractivity contribution in [2.45, 2.75) is 27.7 Å². The number of benzene rings is 1. The maximum atomic E-state index is 5.19. The molecule has 0 spiro atoms. The van der Waals surface area contributed by atoms with Gasteiger partial charge in [0.25, 0.3) is 0 Å². The van der Waals surface area contributed by atoms with Crippen molar-refractivity contribution in [2.75, 3.05) is 7.11 Å². The van der Waals surface area contributed by atoms with Crippen LogP contribution in [0.3, 0.4) is 0 Å². The zero-order valence-corrected chi connectivity index (χ0v) is 9.92. The van der Waals surface area contributed by atoms with Gasteiger partial charge < -0.3 is 9.26 Å². The smallest absolute Gasteiger partial charge is 0.173 e. The second-order valence-electron chi connectivity index (χ2n) is 3.04. The van der Waals surface area contributed by atoms with E-state index in [0.717, 1.165) is 28.0 Å². The number of nitrogens with zero attached hydrogens (tertiary/aromatic N) is 1. The normalized spacial score (nSPS) is 9.67. The first kappa shape index (κ1) is 11.6. The van der Waals surface area contributed by atoms with Crippen molar-refractivity contribution < 1.29 is 9.26 Å². The summed E-state index contributed by atoms with van der Waals surface area (Å²) >= 11 is 0. The molecular formula is C12H17NO2. The quantitative estimate of drug-likeness (QED) is 0.718. The van der Waals surface area contributed by atoms with E-state index in [1.165, 1.54) is 0 Å². The molecule has 82 valence electrons. The molecule has 0 saturated carbocycles. The van der Waals surface area contributed by atoms with Crippen LogP contribution in [0.25, 0.3) is 11.0 Å². The van der Waals surface area contributed by atoms with Crippen molar-refractivity contribution >= 4 is 11.0 Å². The molecule has 0 bridgehead atoms. The maximum absolute atomic E-state index is 5.19. The Labute approximate surface area is 90.0 Å². The number of ether oxygens (including phenoxy) is 1. The minimum atomic E-state index is 0.817. The van der Waals surface area contributed by atoms with Gasteiger partial charge in [-0.1, -0.05) is 19.0 Å². The summed E-state index contributed by atoms with van der Waals surface area (Å²) in [6.07, 6.45) is 0. The Kier molecular flexibility index (Phi) is 3.72. The lowest BCUT2D eigenvalue weighted by Crippen LogP contribution is -1.86. The second kappa shape index (κ2) is 4.82. The number of fused-ring (bicyclic) bond motifs is 1. The molecule has 1 aromatic carbocycles. The fraction of sp³-hybridized carbons (Fsp3) is 0.417. The van der Waals surface area contributed by atoms with Crippen molar-refractivity contribution in [1.82, 2.24) is 5.16 Å². The molecule has 1 heterocycles. The van der Waals surface area contributed by atoms with E-state index < -0.39 is 0 Å². The number of methoxy groups -OCH3 is 1. The number of hydrogen-bond acceptors (Lipinski definition) is 3. The molecule has 0 radical (unpaired) electrons. The number of aromatic nitrogens is 1. The van der Waals surface area contributed by atoms with Crippen LogP contribution in [0.4, 0.5) is 0 Å². The lowest BCUT2D eigenvalue weighted by Gasteiger charge is -2.02. The molecule has 0 aliphatic heterocycles. The summed E-state index contributed by atoms with van der Waals surface area (Å²) in [5, 5.41) is 4.96. The molecule has 0 aliphatic carbocycles. The molecule has 2 rings (SSSR count). The summed E-state index contributed by atoms with van der Waals surface area (Å²) in [5.41, 5.74) is 2.73. The fourth-order valence-corrected chi connectivity index (χ4v) is 1.46. The van der Waals surface area contributed by atoms with Crippen molar-refractivity contribution in [3.05, 3.63) is 23.4 Å². The second-order valence-corrected chi connectivity index (χ2v) is 3.04. The molecule has 15 heavy (non-hydrogen) atoms. The van der Waals surface area contributed by atoms with Crippen LogP contribution in [0.5, 0.6) is 5.75 Å². The molecule has 0 atom stereocenters. The summed E-state index contributed by atoms with van der Waals surface area (Å²) in [5.74, 6) is 0.837. The minimum absolute atomic E-state index is 0.817. The third-order valence-corrected chi connectivity index (χ3v) is 2.24. The zero-order chi connectivity index (χ0) is 11.4. The van der Waals surface area contributed by atoms with Crippen LogP contribution in [0.1, 0.15) is 25.1 Å². The van der Waals surface area contributed by atoms with Crippen molar-refractivity contribution in [3.8, 4) is 5.75 Å². The van der Waals surface area contributed by atoms with Gasteiger partial charge in [0, 0.05) is 10.9 Å². The maximum Gasteiger partial charge on any atom is 0.173 e. The topological polar surface area (TPSA) is 35.3 Å². The first-order chi connectivity index (χ1) is 7.24. The first-order valence-corrected chi connectivity index (χ1v) is 5.13. The Morgan fingerprint density at radius 3 is 2.47 bits per heavy atom. The summed E-state index contributed by atoms with van der Waals surface area (Å²) in [6, 6.07) is 3.90. The van der Waals surface area contributed by atoms with Crippen LogP contribution in [0.15, 0.2) is 16.7 Å².